The molecule has 2 heterocycles. The lowest BCUT2D eigenvalue weighted by Gasteiger charge is -2.19. The molecule has 2 rings (SSSR count). The van der Waals surface area contributed by atoms with E-state index in [0.717, 1.165) is 50.2 Å². The Labute approximate surface area is 139 Å². The molecule has 0 unspecified atom stereocenters. The smallest absolute Gasteiger partial charge is 0.407 e. The van der Waals surface area contributed by atoms with Crippen LogP contribution in [0.5, 0.6) is 0 Å². The maximum Gasteiger partial charge on any atom is 0.407 e. The molecular formula is C18H29N3O2. The van der Waals surface area contributed by atoms with Gasteiger partial charge in [0.2, 0.25) is 0 Å². The highest BCUT2D eigenvalue weighted by Gasteiger charge is 2.15. The maximum absolute atomic E-state index is 11.5. The molecule has 1 aromatic heterocycles. The molecule has 23 heavy (non-hydrogen) atoms. The Morgan fingerprint density at radius 2 is 2.13 bits per heavy atom. The Morgan fingerprint density at radius 1 is 1.30 bits per heavy atom. The third kappa shape index (κ3) is 6.47. The minimum atomic E-state index is -0.434. The van der Waals surface area contributed by atoms with Crippen molar-refractivity contribution in [3.05, 3.63) is 23.4 Å². The quantitative estimate of drug-likeness (QED) is 0.785. The Kier molecular flexibility index (Phi) is 6.25. The Morgan fingerprint density at radius 3 is 2.91 bits per heavy atom. The van der Waals surface area contributed by atoms with E-state index in [0.29, 0.717) is 6.54 Å². The van der Waals surface area contributed by atoms with E-state index < -0.39 is 5.60 Å². The van der Waals surface area contributed by atoms with Gasteiger partial charge in [-0.25, -0.2) is 9.78 Å². The summed E-state index contributed by atoms with van der Waals surface area (Å²) in [6.07, 6.45) is 6.10. The first-order valence-corrected chi connectivity index (χ1v) is 8.63. The van der Waals surface area contributed by atoms with Crippen LogP contribution in [-0.4, -0.2) is 29.8 Å². The van der Waals surface area contributed by atoms with Crippen molar-refractivity contribution in [2.45, 2.75) is 64.9 Å². The molecule has 5 nitrogen and oxygen atoms in total. The van der Waals surface area contributed by atoms with E-state index in [-0.39, 0.29) is 6.09 Å². The van der Waals surface area contributed by atoms with Crippen molar-refractivity contribution in [2.24, 2.45) is 0 Å². The van der Waals surface area contributed by atoms with Crippen LogP contribution in [0.2, 0.25) is 0 Å². The fourth-order valence-corrected chi connectivity index (χ4v) is 2.62. The van der Waals surface area contributed by atoms with Crippen molar-refractivity contribution in [3.8, 4) is 0 Å². The van der Waals surface area contributed by atoms with Gasteiger partial charge in [-0.15, -0.1) is 0 Å². The zero-order valence-corrected chi connectivity index (χ0v) is 14.6. The number of pyridine rings is 1. The van der Waals surface area contributed by atoms with Gasteiger partial charge in [-0.3, -0.25) is 0 Å². The number of amides is 1. The standard InChI is InChI=1S/C18H29N3O2/c1-18(2,3)23-17(22)20-12-6-4-5-9-15-11-10-14-8-7-13-19-16(14)21-15/h10-11H,4-9,12-13H2,1-3H3,(H,19,21)(H,20,22). The number of hydrogen-bond acceptors (Lipinski definition) is 4. The van der Waals surface area contributed by atoms with Gasteiger partial charge in [-0.1, -0.05) is 12.5 Å². The average molecular weight is 319 g/mol. The second-order valence-corrected chi connectivity index (χ2v) is 7.08. The number of nitrogens with one attached hydrogen (secondary N) is 2. The molecule has 1 aliphatic heterocycles. The molecule has 0 fully saturated rings. The fourth-order valence-electron chi connectivity index (χ4n) is 2.62. The second-order valence-electron chi connectivity index (χ2n) is 7.08. The summed E-state index contributed by atoms with van der Waals surface area (Å²) in [4.78, 5) is 16.2. The first kappa shape index (κ1) is 17.6. The average Bonchev–Trinajstić information content (AvgIpc) is 2.49. The third-order valence-corrected chi connectivity index (χ3v) is 3.73. The number of anilines is 1. The number of alkyl carbamates (subject to hydrolysis) is 1. The number of carbonyl (C=O) groups excluding carboxylic acids is 1. The van der Waals surface area contributed by atoms with Crippen molar-refractivity contribution in [3.63, 3.8) is 0 Å². The molecule has 0 radical (unpaired) electrons. The summed E-state index contributed by atoms with van der Waals surface area (Å²) in [6.45, 7) is 7.29. The zero-order valence-electron chi connectivity index (χ0n) is 14.6. The summed E-state index contributed by atoms with van der Waals surface area (Å²) >= 11 is 0. The number of ether oxygens (including phenoxy) is 1. The van der Waals surface area contributed by atoms with Crippen LogP contribution in [0.25, 0.3) is 0 Å². The van der Waals surface area contributed by atoms with Gasteiger partial charge in [0.15, 0.2) is 0 Å². The monoisotopic (exact) mass is 319 g/mol. The lowest BCUT2D eigenvalue weighted by Crippen LogP contribution is -2.32. The number of rotatable bonds is 6. The first-order chi connectivity index (χ1) is 10.9. The van der Waals surface area contributed by atoms with Gasteiger partial charge in [0.1, 0.15) is 11.4 Å². The van der Waals surface area contributed by atoms with Crippen LogP contribution in [0.3, 0.4) is 0 Å². The zero-order chi connectivity index (χ0) is 16.7. The van der Waals surface area contributed by atoms with E-state index in [9.17, 15) is 4.79 Å². The molecule has 128 valence electrons. The number of aryl methyl sites for hydroxylation is 2. The van der Waals surface area contributed by atoms with Crippen LogP contribution in [0.1, 0.15) is 57.7 Å². The van der Waals surface area contributed by atoms with Crippen molar-refractivity contribution in [2.75, 3.05) is 18.4 Å². The number of nitrogens with zero attached hydrogens (tertiary/aromatic N) is 1. The molecule has 1 amide bonds. The highest BCUT2D eigenvalue weighted by Crippen LogP contribution is 2.20. The third-order valence-electron chi connectivity index (χ3n) is 3.73. The summed E-state index contributed by atoms with van der Waals surface area (Å²) in [5.74, 6) is 1.07. The van der Waals surface area contributed by atoms with Crippen molar-refractivity contribution < 1.29 is 9.53 Å². The summed E-state index contributed by atoms with van der Waals surface area (Å²) in [5.41, 5.74) is 2.05. The van der Waals surface area contributed by atoms with Crippen molar-refractivity contribution in [1.82, 2.24) is 10.3 Å². The molecule has 0 saturated carbocycles. The number of fused-ring (bicyclic) bond motifs is 1. The minimum absolute atomic E-state index is 0.333. The van der Waals surface area contributed by atoms with Gasteiger partial charge in [0, 0.05) is 18.8 Å². The molecule has 1 aliphatic rings. The number of aromatic nitrogens is 1. The Balaban J connectivity index is 1.60. The highest BCUT2D eigenvalue weighted by atomic mass is 16.6. The molecule has 1 aromatic rings. The van der Waals surface area contributed by atoms with Crippen molar-refractivity contribution in [1.29, 1.82) is 0 Å². The Bertz CT molecular complexity index is 523. The van der Waals surface area contributed by atoms with E-state index >= 15 is 0 Å². The van der Waals surface area contributed by atoms with Crippen LogP contribution < -0.4 is 10.6 Å². The van der Waals surface area contributed by atoms with Gasteiger partial charge in [0.05, 0.1) is 0 Å². The fraction of sp³-hybridized carbons (Fsp3) is 0.667. The number of hydrogen-bond donors (Lipinski definition) is 2. The molecular weight excluding hydrogens is 290 g/mol. The second kappa shape index (κ2) is 8.18. The van der Waals surface area contributed by atoms with Crippen LogP contribution >= 0.6 is 0 Å². The van der Waals surface area contributed by atoms with Gasteiger partial charge < -0.3 is 15.4 Å². The molecule has 0 bridgehead atoms. The molecule has 2 N–H and O–H groups in total. The van der Waals surface area contributed by atoms with E-state index in [1.54, 1.807) is 0 Å². The normalized spacial score (nSPS) is 13.9. The molecule has 0 spiro atoms. The van der Waals surface area contributed by atoms with Gasteiger partial charge in [0.25, 0.3) is 0 Å². The van der Waals surface area contributed by atoms with Gasteiger partial charge in [-0.05, 0) is 64.5 Å². The molecule has 0 aromatic carbocycles. The lowest BCUT2D eigenvalue weighted by atomic mass is 10.1. The minimum Gasteiger partial charge on any atom is -0.444 e. The van der Waals surface area contributed by atoms with Gasteiger partial charge >= 0.3 is 6.09 Å². The summed E-state index contributed by atoms with van der Waals surface area (Å²) < 4.78 is 5.20. The van der Waals surface area contributed by atoms with Gasteiger partial charge in [-0.2, -0.15) is 0 Å². The molecule has 0 aliphatic carbocycles. The lowest BCUT2D eigenvalue weighted by molar-refractivity contribution is 0.0527. The maximum atomic E-state index is 11.5. The molecule has 0 atom stereocenters. The number of unbranched alkanes of at least 4 members (excludes halogenated alkanes) is 2. The van der Waals surface area contributed by atoms with E-state index in [1.165, 1.54) is 12.0 Å². The summed E-state index contributed by atoms with van der Waals surface area (Å²) in [7, 11) is 0. The summed E-state index contributed by atoms with van der Waals surface area (Å²) in [6, 6.07) is 4.35. The van der Waals surface area contributed by atoms with Crippen LogP contribution in [-0.2, 0) is 17.6 Å². The topological polar surface area (TPSA) is 63.2 Å². The number of carbonyl (C=O) groups is 1. The van der Waals surface area contributed by atoms with Crippen LogP contribution in [0, 0.1) is 0 Å². The van der Waals surface area contributed by atoms with E-state index in [2.05, 4.69) is 22.8 Å². The molecule has 0 saturated heterocycles. The van der Waals surface area contributed by atoms with E-state index in [4.69, 9.17) is 9.72 Å². The van der Waals surface area contributed by atoms with Crippen LogP contribution in [0.4, 0.5) is 10.6 Å². The largest absolute Gasteiger partial charge is 0.444 e. The predicted molar refractivity (Wildman–Crippen MR) is 92.8 cm³/mol. The predicted octanol–water partition coefficient (Wildman–Crippen LogP) is 3.68. The van der Waals surface area contributed by atoms with Crippen LogP contribution in [0.15, 0.2) is 12.1 Å². The highest BCUT2D eigenvalue weighted by molar-refractivity contribution is 5.67. The first-order valence-electron chi connectivity index (χ1n) is 8.63. The van der Waals surface area contributed by atoms with Crippen molar-refractivity contribution >= 4 is 11.9 Å². The van der Waals surface area contributed by atoms with E-state index in [1.807, 2.05) is 20.8 Å². The Hall–Kier alpha value is -1.78. The SMILES string of the molecule is CC(C)(C)OC(=O)NCCCCCc1ccc2c(n1)NCCC2. The molecule has 5 heteroatoms. The summed E-state index contributed by atoms with van der Waals surface area (Å²) in [5, 5.41) is 6.16.